The van der Waals surface area contributed by atoms with Gasteiger partial charge in [0.05, 0.1) is 5.92 Å². The van der Waals surface area contributed by atoms with Gasteiger partial charge in [-0.3, -0.25) is 4.79 Å². The zero-order chi connectivity index (χ0) is 19.4. The summed E-state index contributed by atoms with van der Waals surface area (Å²) in [6.07, 6.45) is 1.68. The van der Waals surface area contributed by atoms with Crippen LogP contribution in [-0.2, 0) is 16.6 Å². The lowest BCUT2D eigenvalue weighted by Crippen LogP contribution is -2.49. The van der Waals surface area contributed by atoms with Gasteiger partial charge in [0.2, 0.25) is 5.91 Å². The van der Waals surface area contributed by atoms with E-state index in [1.807, 2.05) is 42.5 Å². The fourth-order valence-corrected chi connectivity index (χ4v) is 4.24. The van der Waals surface area contributed by atoms with Crippen molar-refractivity contribution >= 4 is 5.91 Å². The minimum atomic E-state index is -0.229. The van der Waals surface area contributed by atoms with E-state index in [1.165, 1.54) is 5.56 Å². The van der Waals surface area contributed by atoms with Crippen LogP contribution in [0.15, 0.2) is 54.6 Å². The second-order valence-electron chi connectivity index (χ2n) is 8.17. The Morgan fingerprint density at radius 2 is 2.00 bits per heavy atom. The Hall–Kier alpha value is -2.33. The van der Waals surface area contributed by atoms with E-state index in [4.69, 9.17) is 5.73 Å². The maximum absolute atomic E-state index is 12.0. The average Bonchev–Trinajstić information content (AvgIpc) is 2.65. The van der Waals surface area contributed by atoms with Crippen molar-refractivity contribution < 1.29 is 9.90 Å². The molecule has 3 N–H and O–H groups in total. The molecule has 2 aromatic carbocycles. The van der Waals surface area contributed by atoms with Crippen LogP contribution in [0.25, 0.3) is 0 Å². The molecule has 1 aliphatic heterocycles. The molecule has 1 amide bonds. The summed E-state index contributed by atoms with van der Waals surface area (Å²) in [4.78, 5) is 14.4. The lowest BCUT2D eigenvalue weighted by Gasteiger charge is -2.45. The summed E-state index contributed by atoms with van der Waals surface area (Å²) in [5.41, 5.74) is 8.06. The van der Waals surface area contributed by atoms with Crippen LogP contribution < -0.4 is 5.73 Å². The summed E-state index contributed by atoms with van der Waals surface area (Å²) in [6, 6.07) is 17.7. The minimum absolute atomic E-state index is 0.0247. The average molecular weight is 367 g/mol. The van der Waals surface area contributed by atoms with Crippen LogP contribution in [0.4, 0.5) is 0 Å². The van der Waals surface area contributed by atoms with E-state index in [0.29, 0.717) is 24.6 Å². The molecule has 0 saturated carbocycles. The molecule has 144 valence electrons. The van der Waals surface area contributed by atoms with Crippen molar-refractivity contribution in [3.05, 3.63) is 65.7 Å². The van der Waals surface area contributed by atoms with Gasteiger partial charge in [-0.2, -0.15) is 0 Å². The number of nitrogens with zero attached hydrogens (tertiary/aromatic N) is 1. The molecule has 0 aliphatic carbocycles. The number of phenolic OH excluding ortho intramolecular Hbond substituents is 1. The number of phenols is 1. The minimum Gasteiger partial charge on any atom is -0.508 e. The van der Waals surface area contributed by atoms with E-state index in [-0.39, 0.29) is 17.2 Å². The Bertz CT molecular complexity index is 777. The third-order valence-electron chi connectivity index (χ3n) is 6.28. The number of hydrogen-bond acceptors (Lipinski definition) is 3. The summed E-state index contributed by atoms with van der Waals surface area (Å²) in [5, 5.41) is 9.85. The quantitative estimate of drug-likeness (QED) is 0.824. The Balaban J connectivity index is 1.67. The number of likely N-dealkylation sites (tertiary alicyclic amines) is 1. The predicted octanol–water partition coefficient (Wildman–Crippen LogP) is 3.34. The number of piperidine rings is 1. The van der Waals surface area contributed by atoms with Crippen LogP contribution >= 0.6 is 0 Å². The number of primary amides is 1. The molecule has 0 spiro atoms. The smallest absolute Gasteiger partial charge is 0.222 e. The predicted molar refractivity (Wildman–Crippen MR) is 109 cm³/mol. The summed E-state index contributed by atoms with van der Waals surface area (Å²) in [6.45, 7) is 7.08. The Morgan fingerprint density at radius 3 is 2.63 bits per heavy atom. The SMILES string of the molecule is C[C@@H]1CN(C[C@H](Cc2ccccc2)C(N)=O)CC[C@]1(C)c1cccc(O)c1. The van der Waals surface area contributed by atoms with Gasteiger partial charge in [0.25, 0.3) is 0 Å². The molecular formula is C23H30N2O2. The first-order chi connectivity index (χ1) is 12.9. The largest absolute Gasteiger partial charge is 0.508 e. The first-order valence-corrected chi connectivity index (χ1v) is 9.73. The Kier molecular flexibility index (Phi) is 5.85. The summed E-state index contributed by atoms with van der Waals surface area (Å²) >= 11 is 0. The van der Waals surface area contributed by atoms with Gasteiger partial charge in [0, 0.05) is 13.1 Å². The molecule has 1 heterocycles. The molecule has 4 nitrogen and oxygen atoms in total. The van der Waals surface area contributed by atoms with Crippen molar-refractivity contribution in [3.63, 3.8) is 0 Å². The van der Waals surface area contributed by atoms with Gasteiger partial charge in [-0.25, -0.2) is 0 Å². The van der Waals surface area contributed by atoms with Gasteiger partial charge >= 0.3 is 0 Å². The maximum atomic E-state index is 12.0. The molecule has 1 fully saturated rings. The van der Waals surface area contributed by atoms with Crippen LogP contribution in [0, 0.1) is 11.8 Å². The van der Waals surface area contributed by atoms with Crippen molar-refractivity contribution in [2.75, 3.05) is 19.6 Å². The van der Waals surface area contributed by atoms with Gasteiger partial charge in [0.15, 0.2) is 0 Å². The summed E-state index contributed by atoms with van der Waals surface area (Å²) in [7, 11) is 0. The highest BCUT2D eigenvalue weighted by atomic mass is 16.3. The number of aromatic hydroxyl groups is 1. The second-order valence-corrected chi connectivity index (χ2v) is 8.17. The second kappa shape index (κ2) is 8.13. The summed E-state index contributed by atoms with van der Waals surface area (Å²) < 4.78 is 0. The molecule has 27 heavy (non-hydrogen) atoms. The van der Waals surface area contributed by atoms with E-state index >= 15 is 0 Å². The van der Waals surface area contributed by atoms with Gasteiger partial charge in [0.1, 0.15) is 5.75 Å². The van der Waals surface area contributed by atoms with E-state index in [2.05, 4.69) is 24.8 Å². The zero-order valence-electron chi connectivity index (χ0n) is 16.3. The topological polar surface area (TPSA) is 66.6 Å². The Morgan fingerprint density at radius 1 is 1.26 bits per heavy atom. The standard InChI is InChI=1S/C23H30N2O2/c1-17-15-25(12-11-23(17,2)20-9-6-10-21(26)14-20)16-19(22(24)27)13-18-7-4-3-5-8-18/h3-10,14,17,19,26H,11-13,15-16H2,1-2H3,(H2,24,27)/t17-,19+,23+/m1/s1. The Labute approximate surface area is 162 Å². The van der Waals surface area contributed by atoms with Gasteiger partial charge in [-0.1, -0.05) is 56.3 Å². The van der Waals surface area contributed by atoms with E-state index in [1.54, 1.807) is 6.07 Å². The van der Waals surface area contributed by atoms with Crippen molar-refractivity contribution in [2.45, 2.75) is 32.1 Å². The number of amides is 1. The van der Waals surface area contributed by atoms with Crippen LogP contribution in [-0.4, -0.2) is 35.5 Å². The highest BCUT2D eigenvalue weighted by Crippen LogP contribution is 2.40. The number of nitrogens with two attached hydrogens (primary N) is 1. The van der Waals surface area contributed by atoms with Crippen LogP contribution in [0.2, 0.25) is 0 Å². The monoisotopic (exact) mass is 366 g/mol. The molecule has 0 unspecified atom stereocenters. The van der Waals surface area contributed by atoms with Crippen LogP contribution in [0.1, 0.15) is 31.4 Å². The molecule has 1 aliphatic rings. The van der Waals surface area contributed by atoms with Gasteiger partial charge in [-0.15, -0.1) is 0 Å². The van der Waals surface area contributed by atoms with E-state index in [0.717, 1.165) is 25.1 Å². The number of rotatable bonds is 6. The van der Waals surface area contributed by atoms with Gasteiger partial charge < -0.3 is 15.7 Å². The molecule has 0 radical (unpaired) electrons. The number of benzene rings is 2. The first-order valence-electron chi connectivity index (χ1n) is 9.73. The molecule has 4 heteroatoms. The first kappa shape index (κ1) is 19.4. The van der Waals surface area contributed by atoms with E-state index < -0.39 is 0 Å². The molecular weight excluding hydrogens is 336 g/mol. The van der Waals surface area contributed by atoms with Crippen LogP contribution in [0.3, 0.4) is 0 Å². The zero-order valence-corrected chi connectivity index (χ0v) is 16.3. The van der Waals surface area contributed by atoms with Crippen molar-refractivity contribution in [3.8, 4) is 5.75 Å². The lowest BCUT2D eigenvalue weighted by atomic mass is 9.68. The highest BCUT2D eigenvalue weighted by molar-refractivity contribution is 5.77. The third-order valence-corrected chi connectivity index (χ3v) is 6.28. The number of carbonyl (C=O) groups is 1. The fourth-order valence-electron chi connectivity index (χ4n) is 4.24. The number of hydrogen-bond donors (Lipinski definition) is 2. The molecule has 2 aromatic rings. The number of carbonyl (C=O) groups excluding carboxylic acids is 1. The molecule has 1 saturated heterocycles. The summed E-state index contributed by atoms with van der Waals surface area (Å²) in [5.74, 6) is 0.329. The highest BCUT2D eigenvalue weighted by Gasteiger charge is 2.38. The molecule has 0 aromatic heterocycles. The van der Waals surface area contributed by atoms with Gasteiger partial charge in [-0.05, 0) is 54.0 Å². The lowest BCUT2D eigenvalue weighted by molar-refractivity contribution is -0.122. The normalized spacial score (nSPS) is 24.4. The molecule has 0 bridgehead atoms. The van der Waals surface area contributed by atoms with E-state index in [9.17, 15) is 9.90 Å². The fraction of sp³-hybridized carbons (Fsp3) is 0.435. The van der Waals surface area contributed by atoms with Crippen molar-refractivity contribution in [1.82, 2.24) is 4.90 Å². The third kappa shape index (κ3) is 4.51. The maximum Gasteiger partial charge on any atom is 0.222 e. The van der Waals surface area contributed by atoms with Crippen LogP contribution in [0.5, 0.6) is 5.75 Å². The van der Waals surface area contributed by atoms with Crippen molar-refractivity contribution in [1.29, 1.82) is 0 Å². The molecule has 3 atom stereocenters. The van der Waals surface area contributed by atoms with Crippen molar-refractivity contribution in [2.24, 2.45) is 17.6 Å². The molecule has 3 rings (SSSR count).